The van der Waals surface area contributed by atoms with E-state index in [0.29, 0.717) is 13.0 Å². The summed E-state index contributed by atoms with van der Waals surface area (Å²) in [6, 6.07) is 0. The molecule has 3 N–H and O–H groups in total. The number of nitrogens with two attached hydrogens (primary N) is 1. The molecule has 0 aromatic rings. The fourth-order valence-electron chi connectivity index (χ4n) is 0.675. The van der Waals surface area contributed by atoms with Crippen molar-refractivity contribution >= 4 is 5.91 Å². The predicted octanol–water partition coefficient (Wildman–Crippen LogP) is -1.23. The maximum absolute atomic E-state index is 10.4. The van der Waals surface area contributed by atoms with Crippen LogP contribution in [0.15, 0.2) is 0 Å². The predicted molar refractivity (Wildman–Crippen MR) is 26.7 cm³/mol. The third-order valence-electron chi connectivity index (χ3n) is 1.13. The van der Waals surface area contributed by atoms with Gasteiger partial charge in [0.1, 0.15) is 6.10 Å². The fraction of sp³-hybridized carbons (Fsp3) is 0.750. The lowest BCUT2D eigenvalue weighted by molar-refractivity contribution is -0.119. The Hall–Kier alpha value is -0.610. The van der Waals surface area contributed by atoms with Gasteiger partial charge in [0.2, 0.25) is 5.91 Å². The summed E-state index contributed by atoms with van der Waals surface area (Å²) in [4.78, 5) is 14.8. The second kappa shape index (κ2) is 2.11. The first kappa shape index (κ1) is 5.53. The lowest BCUT2D eigenvalue weighted by Gasteiger charge is -1.99. The van der Waals surface area contributed by atoms with Gasteiger partial charge >= 0.3 is 0 Å². The molecule has 1 saturated heterocycles. The van der Waals surface area contributed by atoms with Crippen LogP contribution in [0.3, 0.4) is 0 Å². The lowest BCUT2D eigenvalue weighted by Crippen LogP contribution is -2.20. The monoisotopic (exact) mass is 116 g/mol. The molecule has 0 aromatic heterocycles. The first-order valence-corrected chi connectivity index (χ1v) is 2.45. The minimum atomic E-state index is -0.109. The highest BCUT2D eigenvalue weighted by Crippen LogP contribution is 1.99. The average molecular weight is 116 g/mol. The van der Waals surface area contributed by atoms with Gasteiger partial charge in [-0.1, -0.05) is 0 Å². The van der Waals surface area contributed by atoms with Gasteiger partial charge in [-0.15, -0.1) is 0 Å². The summed E-state index contributed by atoms with van der Waals surface area (Å²) in [5.41, 5.74) is 0. The van der Waals surface area contributed by atoms with Crippen molar-refractivity contribution in [3.63, 3.8) is 0 Å². The first-order valence-electron chi connectivity index (χ1n) is 2.45. The number of carbonyl (C=O) groups is 1. The van der Waals surface area contributed by atoms with Crippen LogP contribution in [0.5, 0.6) is 0 Å². The minimum absolute atomic E-state index is 0.0143. The number of amides is 1. The molecule has 1 aliphatic rings. The van der Waals surface area contributed by atoms with Gasteiger partial charge in [-0.05, 0) is 0 Å². The highest BCUT2D eigenvalue weighted by molar-refractivity contribution is 5.78. The molecule has 1 rings (SSSR count). The average Bonchev–Trinajstić information content (AvgIpc) is 2.14. The maximum atomic E-state index is 10.4. The van der Waals surface area contributed by atoms with Crippen molar-refractivity contribution < 1.29 is 9.63 Å². The highest BCUT2D eigenvalue weighted by atomic mass is 16.6. The molecule has 0 radical (unpaired) electrons. The summed E-state index contributed by atoms with van der Waals surface area (Å²) in [5.74, 6) is 4.82. The molecule has 0 aliphatic carbocycles. The molecule has 0 saturated carbocycles. The Kier molecular flexibility index (Phi) is 1.45. The van der Waals surface area contributed by atoms with Crippen molar-refractivity contribution in [2.45, 2.75) is 12.5 Å². The first-order chi connectivity index (χ1) is 3.83. The summed E-state index contributed by atoms with van der Waals surface area (Å²) in [6.45, 7) is 0.551. The van der Waals surface area contributed by atoms with E-state index in [1.165, 1.54) is 0 Å². The third-order valence-corrected chi connectivity index (χ3v) is 1.13. The number of nitrogens with one attached hydrogen (secondary N) is 1. The number of hydrogen-bond acceptors (Lipinski definition) is 3. The zero-order valence-corrected chi connectivity index (χ0v) is 4.39. The van der Waals surface area contributed by atoms with E-state index >= 15 is 0 Å². The second-order valence-electron chi connectivity index (χ2n) is 1.77. The zero-order valence-electron chi connectivity index (χ0n) is 4.39. The van der Waals surface area contributed by atoms with Gasteiger partial charge in [0, 0.05) is 6.54 Å². The summed E-state index contributed by atoms with van der Waals surface area (Å²) < 4.78 is 0. The summed E-state index contributed by atoms with van der Waals surface area (Å²) >= 11 is 0. The number of hydrogen-bond donors (Lipinski definition) is 2. The van der Waals surface area contributed by atoms with Crippen LogP contribution in [-0.2, 0) is 9.63 Å². The standard InChI is InChI=1S/C4H8N2O2/c5-8-3-1-4(7)6-2-3/h3H,1-2,5H2,(H,6,7). The topological polar surface area (TPSA) is 64.3 Å². The molecule has 4 nitrogen and oxygen atoms in total. The van der Waals surface area contributed by atoms with Crippen LogP contribution in [0.4, 0.5) is 0 Å². The van der Waals surface area contributed by atoms with Crippen molar-refractivity contribution in [2.24, 2.45) is 5.90 Å². The van der Waals surface area contributed by atoms with Crippen LogP contribution in [0, 0.1) is 0 Å². The largest absolute Gasteiger partial charge is 0.353 e. The van der Waals surface area contributed by atoms with Crippen LogP contribution in [0.1, 0.15) is 6.42 Å². The smallest absolute Gasteiger partial charge is 0.222 e. The van der Waals surface area contributed by atoms with E-state index in [1.807, 2.05) is 0 Å². The van der Waals surface area contributed by atoms with E-state index in [1.54, 1.807) is 0 Å². The van der Waals surface area contributed by atoms with Crippen molar-refractivity contribution in [1.82, 2.24) is 5.32 Å². The van der Waals surface area contributed by atoms with Crippen molar-refractivity contribution in [3.8, 4) is 0 Å². The van der Waals surface area contributed by atoms with Crippen LogP contribution < -0.4 is 11.2 Å². The Bertz CT molecular complexity index is 104. The highest BCUT2D eigenvalue weighted by Gasteiger charge is 2.20. The van der Waals surface area contributed by atoms with E-state index in [2.05, 4.69) is 10.2 Å². The molecule has 1 fully saturated rings. The van der Waals surface area contributed by atoms with Crippen molar-refractivity contribution in [1.29, 1.82) is 0 Å². The van der Waals surface area contributed by atoms with Crippen LogP contribution >= 0.6 is 0 Å². The molecular formula is C4H8N2O2. The van der Waals surface area contributed by atoms with Gasteiger partial charge in [0.15, 0.2) is 0 Å². The van der Waals surface area contributed by atoms with E-state index in [9.17, 15) is 4.79 Å². The number of rotatable bonds is 1. The Labute approximate surface area is 46.9 Å². The van der Waals surface area contributed by atoms with Crippen LogP contribution in [-0.4, -0.2) is 18.6 Å². The molecule has 0 spiro atoms. The van der Waals surface area contributed by atoms with Gasteiger partial charge in [-0.3, -0.25) is 9.63 Å². The van der Waals surface area contributed by atoms with Gasteiger partial charge in [0.25, 0.3) is 0 Å². The van der Waals surface area contributed by atoms with E-state index < -0.39 is 0 Å². The Morgan fingerprint density at radius 3 is 2.88 bits per heavy atom. The molecular weight excluding hydrogens is 108 g/mol. The second-order valence-corrected chi connectivity index (χ2v) is 1.77. The SMILES string of the molecule is NOC1CNC(=O)C1. The van der Waals surface area contributed by atoms with Gasteiger partial charge in [0.05, 0.1) is 6.42 Å². The lowest BCUT2D eigenvalue weighted by atomic mass is 10.3. The molecule has 1 atom stereocenters. The molecule has 8 heavy (non-hydrogen) atoms. The molecule has 0 aromatic carbocycles. The quantitative estimate of drug-likeness (QED) is 0.421. The number of carbonyl (C=O) groups excluding carboxylic acids is 1. The molecule has 0 bridgehead atoms. The normalized spacial score (nSPS) is 28.1. The summed E-state index contributed by atoms with van der Waals surface area (Å²) in [5, 5.41) is 2.58. The van der Waals surface area contributed by atoms with Crippen LogP contribution in [0.2, 0.25) is 0 Å². The molecule has 4 heteroatoms. The van der Waals surface area contributed by atoms with Crippen LogP contribution in [0.25, 0.3) is 0 Å². The minimum Gasteiger partial charge on any atom is -0.353 e. The Balaban J connectivity index is 2.32. The zero-order chi connectivity index (χ0) is 5.98. The molecule has 1 heterocycles. The maximum Gasteiger partial charge on any atom is 0.222 e. The Morgan fingerprint density at radius 1 is 1.88 bits per heavy atom. The third kappa shape index (κ3) is 0.962. The molecule has 1 aliphatic heterocycles. The van der Waals surface area contributed by atoms with E-state index in [4.69, 9.17) is 5.90 Å². The van der Waals surface area contributed by atoms with Gasteiger partial charge < -0.3 is 5.32 Å². The Morgan fingerprint density at radius 2 is 2.62 bits per heavy atom. The molecule has 46 valence electrons. The molecule has 1 amide bonds. The van der Waals surface area contributed by atoms with Gasteiger partial charge in [-0.25, -0.2) is 5.90 Å². The fourth-order valence-corrected chi connectivity index (χ4v) is 0.675. The van der Waals surface area contributed by atoms with Gasteiger partial charge in [-0.2, -0.15) is 0 Å². The summed E-state index contributed by atoms with van der Waals surface area (Å²) in [7, 11) is 0. The van der Waals surface area contributed by atoms with E-state index in [0.717, 1.165) is 0 Å². The van der Waals surface area contributed by atoms with E-state index in [-0.39, 0.29) is 12.0 Å². The van der Waals surface area contributed by atoms with Crippen molar-refractivity contribution in [3.05, 3.63) is 0 Å². The summed E-state index contributed by atoms with van der Waals surface area (Å²) in [6.07, 6.45) is 0.291. The molecule has 1 unspecified atom stereocenters. The van der Waals surface area contributed by atoms with Crippen molar-refractivity contribution in [2.75, 3.05) is 6.54 Å².